The quantitative estimate of drug-likeness (QED) is 0.419. The largest absolute Gasteiger partial charge is 0.394 e. The molecule has 2 bridgehead atoms. The van der Waals surface area contributed by atoms with Gasteiger partial charge in [-0.2, -0.15) is 0 Å². The number of hydrogen-bond acceptors (Lipinski definition) is 5. The van der Waals surface area contributed by atoms with Crippen molar-refractivity contribution in [2.45, 2.75) is 70.2 Å². The number of aliphatic hydroxyl groups is 1. The lowest BCUT2D eigenvalue weighted by molar-refractivity contribution is -0.151. The van der Waals surface area contributed by atoms with Gasteiger partial charge in [-0.1, -0.05) is 42.8 Å². The van der Waals surface area contributed by atoms with E-state index in [4.69, 9.17) is 16.3 Å². The molecule has 1 N–H and O–H groups in total. The third-order valence-electron chi connectivity index (χ3n) is 8.64. The van der Waals surface area contributed by atoms with E-state index in [9.17, 15) is 19.5 Å². The van der Waals surface area contributed by atoms with Gasteiger partial charge in [0.15, 0.2) is 0 Å². The second kappa shape index (κ2) is 11.1. The molecule has 1 aromatic carbocycles. The van der Waals surface area contributed by atoms with E-state index in [-0.39, 0.29) is 30.9 Å². The van der Waals surface area contributed by atoms with Gasteiger partial charge in [0.2, 0.25) is 11.8 Å². The number of fused-ring (bicyclic) bond motifs is 1. The fourth-order valence-electron chi connectivity index (χ4n) is 7.03. The highest BCUT2D eigenvalue weighted by molar-refractivity contribution is 6.34. The maximum Gasteiger partial charge on any atom is 0.253 e. The highest BCUT2D eigenvalue weighted by Gasteiger charge is 2.78. The molecular formula is C30H40ClN3O5. The number of para-hydroxylation sites is 1. The first-order valence-corrected chi connectivity index (χ1v) is 14.1. The van der Waals surface area contributed by atoms with Crippen LogP contribution in [0.5, 0.6) is 0 Å². The lowest BCUT2D eigenvalue weighted by atomic mass is 9.66. The second-order valence-corrected chi connectivity index (χ2v) is 11.6. The molecule has 2 unspecified atom stereocenters. The SMILES string of the molecule is C=CCN(CCC)C(=O)[C@H]1[C@H]2C(=O)N([C@H](C)CO)C(C(=O)N(CC=C)c3c(C)cccc3Cl)C23CC[C@]1(C)O3. The van der Waals surface area contributed by atoms with Crippen LogP contribution in [0.2, 0.25) is 5.02 Å². The summed E-state index contributed by atoms with van der Waals surface area (Å²) in [6, 6.07) is 3.71. The summed E-state index contributed by atoms with van der Waals surface area (Å²) in [5.74, 6) is -2.44. The van der Waals surface area contributed by atoms with Crippen molar-refractivity contribution in [2.75, 3.05) is 31.1 Å². The van der Waals surface area contributed by atoms with Gasteiger partial charge in [-0.15, -0.1) is 13.2 Å². The van der Waals surface area contributed by atoms with Gasteiger partial charge in [-0.3, -0.25) is 14.4 Å². The molecule has 0 saturated carbocycles. The number of likely N-dealkylation sites (tertiary alicyclic amines) is 1. The molecule has 3 heterocycles. The van der Waals surface area contributed by atoms with Crippen LogP contribution >= 0.6 is 11.6 Å². The fourth-order valence-corrected chi connectivity index (χ4v) is 7.35. The number of rotatable bonds is 11. The van der Waals surface area contributed by atoms with Crippen molar-refractivity contribution in [3.8, 4) is 0 Å². The van der Waals surface area contributed by atoms with Gasteiger partial charge in [-0.25, -0.2) is 0 Å². The van der Waals surface area contributed by atoms with E-state index in [0.29, 0.717) is 36.6 Å². The number of carbonyl (C=O) groups is 3. The van der Waals surface area contributed by atoms with E-state index >= 15 is 0 Å². The van der Waals surface area contributed by atoms with E-state index in [1.807, 2.05) is 32.9 Å². The van der Waals surface area contributed by atoms with Crippen LogP contribution in [-0.2, 0) is 19.1 Å². The van der Waals surface area contributed by atoms with E-state index in [1.54, 1.807) is 34.9 Å². The summed E-state index contributed by atoms with van der Waals surface area (Å²) >= 11 is 6.60. The van der Waals surface area contributed by atoms with E-state index in [0.717, 1.165) is 12.0 Å². The zero-order chi connectivity index (χ0) is 28.7. The second-order valence-electron chi connectivity index (χ2n) is 11.2. The molecule has 8 nitrogen and oxygen atoms in total. The van der Waals surface area contributed by atoms with Crippen LogP contribution < -0.4 is 4.90 Å². The minimum atomic E-state index is -1.20. The first-order chi connectivity index (χ1) is 18.5. The summed E-state index contributed by atoms with van der Waals surface area (Å²) in [6.07, 6.45) is 5.05. The van der Waals surface area contributed by atoms with E-state index < -0.39 is 35.1 Å². The van der Waals surface area contributed by atoms with Crippen molar-refractivity contribution in [1.82, 2.24) is 9.80 Å². The average Bonchev–Trinajstić information content (AvgIpc) is 3.47. The Balaban J connectivity index is 1.85. The number of aliphatic hydroxyl groups excluding tert-OH is 1. The Kier molecular flexibility index (Phi) is 8.31. The number of ether oxygens (including phenoxy) is 1. The molecule has 4 rings (SSSR count). The Morgan fingerprint density at radius 2 is 1.95 bits per heavy atom. The van der Waals surface area contributed by atoms with Crippen LogP contribution in [0.25, 0.3) is 0 Å². The zero-order valence-electron chi connectivity index (χ0n) is 23.4. The van der Waals surface area contributed by atoms with Gasteiger partial charge in [0, 0.05) is 19.6 Å². The Bertz CT molecular complexity index is 1150. The van der Waals surface area contributed by atoms with Crippen molar-refractivity contribution < 1.29 is 24.2 Å². The first kappa shape index (κ1) is 29.3. The number of aryl methyl sites for hydroxylation is 1. The third kappa shape index (κ3) is 4.50. The smallest absolute Gasteiger partial charge is 0.253 e. The predicted molar refractivity (Wildman–Crippen MR) is 151 cm³/mol. The summed E-state index contributed by atoms with van der Waals surface area (Å²) in [4.78, 5) is 47.6. The number of anilines is 1. The molecule has 9 heteroatoms. The molecule has 3 aliphatic rings. The molecule has 39 heavy (non-hydrogen) atoms. The number of benzene rings is 1. The molecule has 212 valence electrons. The lowest BCUT2D eigenvalue weighted by Gasteiger charge is -2.39. The van der Waals surface area contributed by atoms with Crippen LogP contribution in [0.15, 0.2) is 43.5 Å². The van der Waals surface area contributed by atoms with Crippen molar-refractivity contribution in [2.24, 2.45) is 11.8 Å². The highest BCUT2D eigenvalue weighted by atomic mass is 35.5. The molecule has 0 radical (unpaired) electrons. The minimum Gasteiger partial charge on any atom is -0.394 e. The minimum absolute atomic E-state index is 0.159. The van der Waals surface area contributed by atoms with Gasteiger partial charge in [0.05, 0.1) is 40.8 Å². The van der Waals surface area contributed by atoms with Gasteiger partial charge < -0.3 is 24.5 Å². The summed E-state index contributed by atoms with van der Waals surface area (Å²) < 4.78 is 6.74. The first-order valence-electron chi connectivity index (χ1n) is 13.7. The average molecular weight is 558 g/mol. The summed E-state index contributed by atoms with van der Waals surface area (Å²) in [5.41, 5.74) is -0.747. The zero-order valence-corrected chi connectivity index (χ0v) is 24.1. The summed E-state index contributed by atoms with van der Waals surface area (Å²) in [5, 5.41) is 10.6. The summed E-state index contributed by atoms with van der Waals surface area (Å²) in [7, 11) is 0. The maximum absolute atomic E-state index is 14.6. The number of carbonyl (C=O) groups excluding carboxylic acids is 3. The monoisotopic (exact) mass is 557 g/mol. The summed E-state index contributed by atoms with van der Waals surface area (Å²) in [6.45, 7) is 15.8. The molecule has 3 aliphatic heterocycles. The normalized spacial score (nSPS) is 29.7. The molecule has 3 amide bonds. The molecule has 0 aromatic heterocycles. The standard InChI is InChI=1S/C30H40ClN3O5/c1-7-15-32(16-8-2)26(36)22-23-27(37)34(20(5)18-35)25(30(23)14-13-29(22,6)39-30)28(38)33(17-9-3)24-19(4)11-10-12-21(24)31/h7,9-12,20,22-23,25,35H,1,3,8,13-18H2,2,4-6H3/t20-,22-,23+,25?,29+,30?/m1/s1. The molecule has 0 aliphatic carbocycles. The maximum atomic E-state index is 14.6. The number of amides is 3. The van der Waals surface area contributed by atoms with Gasteiger partial charge >= 0.3 is 0 Å². The lowest BCUT2D eigenvalue weighted by Crippen LogP contribution is -2.58. The molecule has 3 saturated heterocycles. The van der Waals surface area contributed by atoms with Crippen LogP contribution in [-0.4, -0.2) is 82.2 Å². The number of halogens is 1. The highest BCUT2D eigenvalue weighted by Crippen LogP contribution is 2.64. The van der Waals surface area contributed by atoms with Gasteiger partial charge in [-0.05, 0) is 51.7 Å². The number of nitrogens with zero attached hydrogens (tertiary/aromatic N) is 3. The van der Waals surface area contributed by atoms with Crippen molar-refractivity contribution >= 4 is 35.0 Å². The Morgan fingerprint density at radius 3 is 2.54 bits per heavy atom. The van der Waals surface area contributed by atoms with Crippen molar-refractivity contribution in [3.63, 3.8) is 0 Å². The molecule has 1 spiro atoms. The predicted octanol–water partition coefficient (Wildman–Crippen LogP) is 3.74. The Hall–Kier alpha value is -2.68. The van der Waals surface area contributed by atoms with Crippen LogP contribution in [0.1, 0.15) is 45.6 Å². The Labute approximate surface area is 236 Å². The molecule has 6 atom stereocenters. The molecular weight excluding hydrogens is 518 g/mol. The van der Waals surface area contributed by atoms with Crippen LogP contribution in [0, 0.1) is 18.8 Å². The van der Waals surface area contributed by atoms with Gasteiger partial charge in [0.25, 0.3) is 5.91 Å². The van der Waals surface area contributed by atoms with Crippen LogP contribution in [0.4, 0.5) is 5.69 Å². The van der Waals surface area contributed by atoms with E-state index in [2.05, 4.69) is 13.2 Å². The molecule has 1 aromatic rings. The van der Waals surface area contributed by atoms with Gasteiger partial charge in [0.1, 0.15) is 11.6 Å². The topological polar surface area (TPSA) is 90.4 Å². The van der Waals surface area contributed by atoms with Crippen LogP contribution in [0.3, 0.4) is 0 Å². The Morgan fingerprint density at radius 1 is 1.26 bits per heavy atom. The molecule has 3 fully saturated rings. The van der Waals surface area contributed by atoms with Crippen molar-refractivity contribution in [1.29, 1.82) is 0 Å². The number of hydrogen-bond donors (Lipinski definition) is 1. The van der Waals surface area contributed by atoms with Crippen molar-refractivity contribution in [3.05, 3.63) is 54.1 Å². The third-order valence-corrected chi connectivity index (χ3v) is 8.95. The van der Waals surface area contributed by atoms with E-state index in [1.165, 1.54) is 4.90 Å². The fraction of sp³-hybridized carbons (Fsp3) is 0.567.